The molecule has 0 aliphatic heterocycles. The van der Waals surface area contributed by atoms with Gasteiger partial charge in [0.2, 0.25) is 0 Å². The second-order valence-corrected chi connectivity index (χ2v) is 5.15. The number of primary amides is 1. The summed E-state index contributed by atoms with van der Waals surface area (Å²) >= 11 is 9.25. The summed E-state index contributed by atoms with van der Waals surface area (Å²) in [5.74, 6) is -0.155. The first-order valence-electron chi connectivity index (χ1n) is 5.29. The Hall–Kier alpha value is -1.66. The summed E-state index contributed by atoms with van der Waals surface area (Å²) in [6, 6.07) is 5.27. The van der Waals surface area contributed by atoms with Crippen molar-refractivity contribution < 1.29 is 4.79 Å². The van der Waals surface area contributed by atoms with Gasteiger partial charge in [-0.25, -0.2) is 9.97 Å². The molecule has 0 aliphatic rings. The monoisotopic (exact) mass is 340 g/mol. The fraction of sp³-hybridized carbons (Fsp3) is 0.0833. The highest BCUT2D eigenvalue weighted by molar-refractivity contribution is 9.10. The van der Waals surface area contributed by atoms with E-state index in [0.717, 1.165) is 10.0 Å². The first kappa shape index (κ1) is 13.8. The number of nitrogens with zero attached hydrogens (tertiary/aromatic N) is 2. The summed E-state index contributed by atoms with van der Waals surface area (Å²) in [7, 11) is 0. The number of carbonyl (C=O) groups excluding carboxylic acids is 1. The standard InChI is InChI=1S/C12H10BrClN4O/c1-5-9(11(16)19)10(15)18-12(17-5)6-2-3-8(14)7(13)4-6/h2-4H,1H3,(H2,16,19)(H2,15,17,18). The van der Waals surface area contributed by atoms with Crippen molar-refractivity contribution in [1.82, 2.24) is 9.97 Å². The van der Waals surface area contributed by atoms with Crippen LogP contribution in [0, 0.1) is 6.92 Å². The van der Waals surface area contributed by atoms with Gasteiger partial charge in [-0.15, -0.1) is 0 Å². The van der Waals surface area contributed by atoms with Crippen LogP contribution < -0.4 is 11.5 Å². The Morgan fingerprint density at radius 1 is 1.37 bits per heavy atom. The van der Waals surface area contributed by atoms with E-state index in [-0.39, 0.29) is 11.4 Å². The number of benzene rings is 1. The Morgan fingerprint density at radius 3 is 2.58 bits per heavy atom. The number of rotatable bonds is 2. The van der Waals surface area contributed by atoms with Gasteiger partial charge in [-0.1, -0.05) is 11.6 Å². The lowest BCUT2D eigenvalue weighted by molar-refractivity contribution is 0.1000. The lowest BCUT2D eigenvalue weighted by atomic mass is 10.1. The maximum Gasteiger partial charge on any atom is 0.254 e. The number of aryl methyl sites for hydroxylation is 1. The van der Waals surface area contributed by atoms with E-state index in [4.69, 9.17) is 23.1 Å². The van der Waals surface area contributed by atoms with E-state index in [1.165, 1.54) is 0 Å². The number of carbonyl (C=O) groups is 1. The van der Waals surface area contributed by atoms with Gasteiger partial charge in [-0.2, -0.15) is 0 Å². The Bertz CT molecular complexity index is 652. The van der Waals surface area contributed by atoms with Crippen LogP contribution in [0.15, 0.2) is 22.7 Å². The first-order chi connectivity index (χ1) is 8.90. The fourth-order valence-electron chi connectivity index (χ4n) is 1.66. The third kappa shape index (κ3) is 2.69. The van der Waals surface area contributed by atoms with Gasteiger partial charge in [-0.3, -0.25) is 4.79 Å². The Morgan fingerprint density at radius 2 is 2.05 bits per heavy atom. The third-order valence-electron chi connectivity index (χ3n) is 2.54. The molecule has 2 rings (SSSR count). The summed E-state index contributed by atoms with van der Waals surface area (Å²) in [5, 5.41) is 0.585. The highest BCUT2D eigenvalue weighted by atomic mass is 79.9. The second kappa shape index (κ2) is 5.14. The van der Waals surface area contributed by atoms with Crippen LogP contribution in [-0.2, 0) is 0 Å². The van der Waals surface area contributed by atoms with Crippen molar-refractivity contribution in [2.45, 2.75) is 6.92 Å². The Balaban J connectivity index is 2.58. The molecule has 1 aromatic heterocycles. The Labute approximate surface area is 123 Å². The number of nitrogen functional groups attached to an aromatic ring is 1. The van der Waals surface area contributed by atoms with Gasteiger partial charge < -0.3 is 11.5 Å². The zero-order valence-electron chi connectivity index (χ0n) is 9.95. The topological polar surface area (TPSA) is 94.9 Å². The summed E-state index contributed by atoms with van der Waals surface area (Å²) in [5.41, 5.74) is 12.3. The minimum atomic E-state index is -0.640. The quantitative estimate of drug-likeness (QED) is 0.877. The van der Waals surface area contributed by atoms with Gasteiger partial charge in [0, 0.05) is 10.0 Å². The maximum atomic E-state index is 11.2. The minimum absolute atomic E-state index is 0.0704. The van der Waals surface area contributed by atoms with Crippen LogP contribution in [0.25, 0.3) is 11.4 Å². The van der Waals surface area contributed by atoms with E-state index in [2.05, 4.69) is 25.9 Å². The molecule has 98 valence electrons. The molecule has 0 radical (unpaired) electrons. The minimum Gasteiger partial charge on any atom is -0.383 e. The zero-order valence-corrected chi connectivity index (χ0v) is 12.3. The highest BCUT2D eigenvalue weighted by Gasteiger charge is 2.15. The Kier molecular flexibility index (Phi) is 3.73. The van der Waals surface area contributed by atoms with Crippen molar-refractivity contribution in [3.8, 4) is 11.4 Å². The van der Waals surface area contributed by atoms with Crippen molar-refractivity contribution >= 4 is 39.3 Å². The summed E-state index contributed by atoms with van der Waals surface area (Å²) in [4.78, 5) is 19.6. The van der Waals surface area contributed by atoms with E-state index < -0.39 is 5.91 Å². The van der Waals surface area contributed by atoms with E-state index in [9.17, 15) is 4.79 Å². The number of nitrogens with two attached hydrogens (primary N) is 2. The predicted molar refractivity (Wildman–Crippen MR) is 77.8 cm³/mol. The van der Waals surface area contributed by atoms with Crippen molar-refractivity contribution in [2.75, 3.05) is 5.73 Å². The largest absolute Gasteiger partial charge is 0.383 e. The number of aromatic nitrogens is 2. The van der Waals surface area contributed by atoms with E-state index >= 15 is 0 Å². The molecular weight excluding hydrogens is 332 g/mol. The third-order valence-corrected chi connectivity index (χ3v) is 3.76. The van der Waals surface area contributed by atoms with Crippen molar-refractivity contribution in [1.29, 1.82) is 0 Å². The lowest BCUT2D eigenvalue weighted by Gasteiger charge is -2.08. The molecule has 0 saturated carbocycles. The average Bonchev–Trinajstić information content (AvgIpc) is 2.31. The molecule has 0 spiro atoms. The second-order valence-electron chi connectivity index (χ2n) is 3.89. The van der Waals surface area contributed by atoms with E-state index in [1.807, 2.05) is 0 Å². The van der Waals surface area contributed by atoms with Crippen LogP contribution in [-0.4, -0.2) is 15.9 Å². The molecule has 1 aromatic carbocycles. The predicted octanol–water partition coefficient (Wildman–Crippen LogP) is 2.55. The van der Waals surface area contributed by atoms with Gasteiger partial charge in [0.25, 0.3) is 5.91 Å². The van der Waals surface area contributed by atoms with E-state index in [1.54, 1.807) is 25.1 Å². The normalized spacial score (nSPS) is 10.5. The van der Waals surface area contributed by atoms with Gasteiger partial charge in [-0.05, 0) is 41.1 Å². The molecule has 0 fully saturated rings. The molecule has 0 bridgehead atoms. The molecule has 4 N–H and O–H groups in total. The average molecular weight is 342 g/mol. The van der Waals surface area contributed by atoms with Crippen LogP contribution in [0.4, 0.5) is 5.82 Å². The smallest absolute Gasteiger partial charge is 0.254 e. The molecule has 0 unspecified atom stereocenters. The van der Waals surface area contributed by atoms with Crippen LogP contribution >= 0.6 is 27.5 Å². The van der Waals surface area contributed by atoms with Crippen molar-refractivity contribution in [2.24, 2.45) is 5.73 Å². The number of halogens is 2. The molecule has 0 saturated heterocycles. The summed E-state index contributed by atoms with van der Waals surface area (Å²) in [6.45, 7) is 1.66. The molecule has 0 atom stereocenters. The molecule has 2 aromatic rings. The molecule has 0 aliphatic carbocycles. The number of hydrogen-bond acceptors (Lipinski definition) is 4. The molecule has 1 amide bonds. The molecule has 7 heteroatoms. The van der Waals surface area contributed by atoms with Crippen molar-refractivity contribution in [3.63, 3.8) is 0 Å². The zero-order chi connectivity index (χ0) is 14.2. The highest BCUT2D eigenvalue weighted by Crippen LogP contribution is 2.28. The van der Waals surface area contributed by atoms with Crippen LogP contribution in [0.1, 0.15) is 16.1 Å². The number of hydrogen-bond donors (Lipinski definition) is 2. The van der Waals surface area contributed by atoms with Gasteiger partial charge in [0.1, 0.15) is 11.4 Å². The molecule has 19 heavy (non-hydrogen) atoms. The van der Waals surface area contributed by atoms with Gasteiger partial charge in [0.05, 0.1) is 10.7 Å². The summed E-state index contributed by atoms with van der Waals surface area (Å²) in [6.07, 6.45) is 0. The van der Waals surface area contributed by atoms with Gasteiger partial charge in [0.15, 0.2) is 5.82 Å². The van der Waals surface area contributed by atoms with Crippen LogP contribution in [0.2, 0.25) is 5.02 Å². The molecule has 1 heterocycles. The van der Waals surface area contributed by atoms with E-state index in [0.29, 0.717) is 16.5 Å². The van der Waals surface area contributed by atoms with Crippen LogP contribution in [0.5, 0.6) is 0 Å². The summed E-state index contributed by atoms with van der Waals surface area (Å²) < 4.78 is 0.727. The maximum absolute atomic E-state index is 11.2. The molecule has 5 nitrogen and oxygen atoms in total. The number of anilines is 1. The van der Waals surface area contributed by atoms with Crippen molar-refractivity contribution in [3.05, 3.63) is 39.0 Å². The lowest BCUT2D eigenvalue weighted by Crippen LogP contribution is -2.17. The van der Waals surface area contributed by atoms with Crippen LogP contribution in [0.3, 0.4) is 0 Å². The first-order valence-corrected chi connectivity index (χ1v) is 6.46. The SMILES string of the molecule is Cc1nc(-c2ccc(Cl)c(Br)c2)nc(N)c1C(N)=O. The number of amides is 1. The fourth-order valence-corrected chi connectivity index (χ4v) is 2.16. The van der Waals surface area contributed by atoms with Gasteiger partial charge >= 0.3 is 0 Å². The molecular formula is C12H10BrClN4O.